The third kappa shape index (κ3) is 3.64. The van der Waals surface area contributed by atoms with Crippen molar-refractivity contribution in [3.05, 3.63) is 57.0 Å². The summed E-state index contributed by atoms with van der Waals surface area (Å²) in [4.78, 5) is 10.5. The lowest BCUT2D eigenvalue weighted by molar-refractivity contribution is 0.0697. The maximum atomic E-state index is 12.3. The highest BCUT2D eigenvalue weighted by Crippen LogP contribution is 2.32. The van der Waals surface area contributed by atoms with Gasteiger partial charge in [0, 0.05) is 5.69 Å². The number of nitrogens with one attached hydrogen (secondary N) is 1. The second kappa shape index (κ2) is 6.34. The molecule has 2 aromatic carbocycles. The van der Waals surface area contributed by atoms with Crippen molar-refractivity contribution in [2.24, 2.45) is 0 Å². The Hall–Kier alpha value is -1.47. The van der Waals surface area contributed by atoms with Crippen LogP contribution in [0.1, 0.15) is 10.4 Å². The van der Waals surface area contributed by atoms with Crippen LogP contribution in [0, 0.1) is 0 Å². The van der Waals surface area contributed by atoms with Crippen LogP contribution in [0.25, 0.3) is 0 Å². The predicted molar refractivity (Wildman–Crippen MR) is 85.7 cm³/mol. The summed E-state index contributed by atoms with van der Waals surface area (Å²) in [6.07, 6.45) is 0. The van der Waals surface area contributed by atoms with Gasteiger partial charge >= 0.3 is 5.97 Å². The Kier molecular flexibility index (Phi) is 4.87. The van der Waals surface area contributed by atoms with Crippen molar-refractivity contribution in [1.29, 1.82) is 0 Å². The summed E-state index contributed by atoms with van der Waals surface area (Å²) in [5.41, 5.74) is 0.225. The largest absolute Gasteiger partial charge is 0.478 e. The monoisotopic (exact) mass is 379 g/mol. The molecular formula is C13H8Cl3NO4S. The van der Waals surface area contributed by atoms with E-state index >= 15 is 0 Å². The molecule has 2 rings (SSSR count). The van der Waals surface area contributed by atoms with Crippen LogP contribution in [0.5, 0.6) is 0 Å². The number of halogens is 3. The molecule has 9 heteroatoms. The van der Waals surface area contributed by atoms with Crippen molar-refractivity contribution in [3.8, 4) is 0 Å². The number of carboxylic acid groups (broad SMARTS) is 1. The van der Waals surface area contributed by atoms with Gasteiger partial charge in [0.15, 0.2) is 0 Å². The Labute approximate surface area is 141 Å². The van der Waals surface area contributed by atoms with Gasteiger partial charge in [-0.05, 0) is 36.4 Å². The molecule has 2 N–H and O–H groups in total. The third-order valence-electron chi connectivity index (χ3n) is 2.65. The van der Waals surface area contributed by atoms with Gasteiger partial charge in [0.2, 0.25) is 0 Å². The molecule has 5 nitrogen and oxygen atoms in total. The first-order chi connectivity index (χ1) is 10.2. The number of benzene rings is 2. The Bertz CT molecular complexity index is 835. The van der Waals surface area contributed by atoms with Crippen LogP contribution in [-0.2, 0) is 10.0 Å². The molecule has 0 fully saturated rings. The fourth-order valence-electron chi connectivity index (χ4n) is 1.60. The fourth-order valence-corrected chi connectivity index (χ4v) is 3.66. The number of sulfonamides is 1. The molecule has 0 bridgehead atoms. The molecule has 0 amide bonds. The minimum atomic E-state index is -3.99. The molecule has 0 aliphatic carbocycles. The highest BCUT2D eigenvalue weighted by atomic mass is 35.5. The Morgan fingerprint density at radius 3 is 2.05 bits per heavy atom. The molecule has 2 aromatic rings. The van der Waals surface area contributed by atoms with Gasteiger partial charge in [0.25, 0.3) is 10.0 Å². The maximum Gasteiger partial charge on any atom is 0.335 e. The quantitative estimate of drug-likeness (QED) is 0.781. The summed E-state index contributed by atoms with van der Waals surface area (Å²) in [5.74, 6) is -1.11. The van der Waals surface area contributed by atoms with Crippen molar-refractivity contribution in [2.75, 3.05) is 4.72 Å². The molecule has 0 saturated heterocycles. The van der Waals surface area contributed by atoms with E-state index in [1.807, 2.05) is 0 Å². The zero-order chi connectivity index (χ0) is 16.5. The molecule has 0 aliphatic heterocycles. The maximum absolute atomic E-state index is 12.3. The number of carbonyl (C=O) groups is 1. The first-order valence-corrected chi connectivity index (χ1v) is 8.33. The molecule has 116 valence electrons. The normalized spacial score (nSPS) is 11.2. The van der Waals surface area contributed by atoms with Gasteiger partial charge in [-0.25, -0.2) is 13.2 Å². The predicted octanol–water partition coefficient (Wildman–Crippen LogP) is 4.15. The van der Waals surface area contributed by atoms with Crippen molar-refractivity contribution in [3.63, 3.8) is 0 Å². The standard InChI is InChI=1S/C13H8Cl3NO4S/c14-9-5-11(16)12(6-10(9)15)22(20,21)17-8-3-1-7(2-4-8)13(18)19/h1-6,17H,(H,18,19). The number of rotatable bonds is 4. The topological polar surface area (TPSA) is 83.5 Å². The molecule has 22 heavy (non-hydrogen) atoms. The van der Waals surface area contributed by atoms with Crippen LogP contribution >= 0.6 is 34.8 Å². The van der Waals surface area contributed by atoms with Gasteiger partial charge in [0.05, 0.1) is 20.6 Å². The van der Waals surface area contributed by atoms with Crippen molar-refractivity contribution in [2.45, 2.75) is 4.90 Å². The molecule has 0 radical (unpaired) electrons. The van der Waals surface area contributed by atoms with Crippen LogP contribution < -0.4 is 4.72 Å². The second-order valence-corrected chi connectivity index (χ2v) is 7.06. The van der Waals surface area contributed by atoms with E-state index in [0.29, 0.717) is 0 Å². The summed E-state index contributed by atoms with van der Waals surface area (Å²) in [6.45, 7) is 0. The lowest BCUT2D eigenvalue weighted by atomic mass is 10.2. The van der Waals surface area contributed by atoms with Crippen LogP contribution in [0.4, 0.5) is 5.69 Å². The van der Waals surface area contributed by atoms with E-state index in [2.05, 4.69) is 4.72 Å². The van der Waals surface area contributed by atoms with E-state index < -0.39 is 16.0 Å². The second-order valence-electron chi connectivity index (χ2n) is 4.18. The number of hydrogen-bond donors (Lipinski definition) is 2. The van der Waals surface area contributed by atoms with Gasteiger partial charge in [-0.2, -0.15) is 0 Å². The van der Waals surface area contributed by atoms with Gasteiger partial charge in [-0.1, -0.05) is 34.8 Å². The van der Waals surface area contributed by atoms with E-state index in [-0.39, 0.29) is 31.2 Å². The van der Waals surface area contributed by atoms with Crippen LogP contribution in [0.15, 0.2) is 41.3 Å². The first-order valence-electron chi connectivity index (χ1n) is 5.71. The Morgan fingerprint density at radius 1 is 0.955 bits per heavy atom. The van der Waals surface area contributed by atoms with Crippen molar-refractivity contribution < 1.29 is 18.3 Å². The molecule has 0 spiro atoms. The molecule has 0 heterocycles. The highest BCUT2D eigenvalue weighted by molar-refractivity contribution is 7.92. The summed E-state index contributed by atoms with van der Waals surface area (Å²) < 4.78 is 26.9. The molecule has 0 atom stereocenters. The SMILES string of the molecule is O=C(O)c1ccc(NS(=O)(=O)c2cc(Cl)c(Cl)cc2Cl)cc1. The van der Waals surface area contributed by atoms with Gasteiger partial charge in [-0.15, -0.1) is 0 Å². The average Bonchev–Trinajstić information content (AvgIpc) is 2.42. The number of carboxylic acids is 1. The summed E-state index contributed by atoms with van der Waals surface area (Å²) in [7, 11) is -3.99. The van der Waals surface area contributed by atoms with E-state index in [1.165, 1.54) is 30.3 Å². The first kappa shape index (κ1) is 16.9. The summed E-state index contributed by atoms with van der Waals surface area (Å²) >= 11 is 17.4. The zero-order valence-electron chi connectivity index (χ0n) is 10.7. The lowest BCUT2D eigenvalue weighted by Gasteiger charge is -2.10. The highest BCUT2D eigenvalue weighted by Gasteiger charge is 2.20. The molecule has 0 aliphatic rings. The number of hydrogen-bond acceptors (Lipinski definition) is 3. The minimum Gasteiger partial charge on any atom is -0.478 e. The Balaban J connectivity index is 2.35. The van der Waals surface area contributed by atoms with Crippen molar-refractivity contribution in [1.82, 2.24) is 0 Å². The van der Waals surface area contributed by atoms with Gasteiger partial charge in [0.1, 0.15) is 4.90 Å². The third-order valence-corrected chi connectivity index (χ3v) is 5.22. The fraction of sp³-hybridized carbons (Fsp3) is 0. The lowest BCUT2D eigenvalue weighted by Crippen LogP contribution is -2.13. The van der Waals surface area contributed by atoms with Crippen molar-refractivity contribution >= 4 is 56.5 Å². The van der Waals surface area contributed by atoms with Gasteiger partial charge in [-0.3, -0.25) is 4.72 Å². The zero-order valence-corrected chi connectivity index (χ0v) is 13.8. The summed E-state index contributed by atoms with van der Waals surface area (Å²) in [5, 5.41) is 8.90. The van der Waals surface area contributed by atoms with E-state index in [9.17, 15) is 13.2 Å². The molecular weight excluding hydrogens is 373 g/mol. The minimum absolute atomic E-state index is 0.0375. The molecule has 0 unspecified atom stereocenters. The van der Waals surface area contributed by atoms with E-state index in [4.69, 9.17) is 39.9 Å². The van der Waals surface area contributed by atoms with Crippen LogP contribution in [0.3, 0.4) is 0 Å². The number of anilines is 1. The smallest absolute Gasteiger partial charge is 0.335 e. The van der Waals surface area contributed by atoms with Crippen LogP contribution in [-0.4, -0.2) is 19.5 Å². The molecule has 0 aromatic heterocycles. The average molecular weight is 381 g/mol. The van der Waals surface area contributed by atoms with E-state index in [0.717, 1.165) is 6.07 Å². The number of aromatic carboxylic acids is 1. The summed E-state index contributed by atoms with van der Waals surface area (Å²) in [6, 6.07) is 7.57. The van der Waals surface area contributed by atoms with Crippen LogP contribution in [0.2, 0.25) is 15.1 Å². The van der Waals surface area contributed by atoms with Gasteiger partial charge < -0.3 is 5.11 Å². The Morgan fingerprint density at radius 2 is 1.50 bits per heavy atom. The van der Waals surface area contributed by atoms with E-state index in [1.54, 1.807) is 0 Å². The molecule has 0 saturated carbocycles.